The van der Waals surface area contributed by atoms with Gasteiger partial charge in [-0.25, -0.2) is 13.1 Å². The molecule has 150 valence electrons. The molecule has 28 heavy (non-hydrogen) atoms. The largest absolute Gasteiger partial charge is 0.339 e. The Labute approximate surface area is 170 Å². The molecule has 6 nitrogen and oxygen atoms in total. The van der Waals surface area contributed by atoms with Gasteiger partial charge in [0.1, 0.15) is 0 Å². The lowest BCUT2D eigenvalue weighted by molar-refractivity contribution is 0.0693. The van der Waals surface area contributed by atoms with Crippen molar-refractivity contribution in [3.8, 4) is 0 Å². The van der Waals surface area contributed by atoms with Crippen LogP contribution in [0.15, 0.2) is 52.5 Å². The molecule has 0 saturated carbocycles. The van der Waals surface area contributed by atoms with Gasteiger partial charge in [0.25, 0.3) is 5.91 Å². The Balaban J connectivity index is 1.82. The van der Waals surface area contributed by atoms with Crippen LogP contribution in [0.2, 0.25) is 0 Å². The number of thioether (sulfide) groups is 1. The second-order valence-electron chi connectivity index (χ2n) is 7.02. The van der Waals surface area contributed by atoms with Crippen LogP contribution in [0.4, 0.5) is 0 Å². The summed E-state index contributed by atoms with van der Waals surface area (Å²) in [7, 11) is -3.74. The number of rotatable bonds is 6. The quantitative estimate of drug-likeness (QED) is 0.728. The van der Waals surface area contributed by atoms with Gasteiger partial charge in [0.05, 0.1) is 10.5 Å². The molecule has 1 N–H and O–H groups in total. The Kier molecular flexibility index (Phi) is 6.74. The number of nitrogens with zero attached hydrogens (tertiary/aromatic N) is 2. The number of sulfonamides is 1. The lowest BCUT2D eigenvalue weighted by atomic mass is 9.98. The number of piperidine rings is 1. The molecule has 2 heterocycles. The number of benzene rings is 1. The van der Waals surface area contributed by atoms with Crippen molar-refractivity contribution < 1.29 is 13.2 Å². The van der Waals surface area contributed by atoms with E-state index in [2.05, 4.69) is 16.6 Å². The molecule has 0 aliphatic carbocycles. The van der Waals surface area contributed by atoms with Gasteiger partial charge in [-0.3, -0.25) is 9.78 Å². The Morgan fingerprint density at radius 2 is 2.04 bits per heavy atom. The number of pyridine rings is 1. The summed E-state index contributed by atoms with van der Waals surface area (Å²) >= 11 is 1.45. The number of hydrogen-bond donors (Lipinski definition) is 1. The van der Waals surface area contributed by atoms with Crippen molar-refractivity contribution in [2.45, 2.75) is 36.1 Å². The third-order valence-electron chi connectivity index (χ3n) is 4.97. The van der Waals surface area contributed by atoms with Crippen molar-refractivity contribution in [1.29, 1.82) is 0 Å². The number of carbonyl (C=O) groups excluding carboxylic acids is 1. The van der Waals surface area contributed by atoms with Crippen LogP contribution in [0, 0.1) is 5.92 Å². The van der Waals surface area contributed by atoms with E-state index < -0.39 is 10.0 Å². The number of amides is 1. The van der Waals surface area contributed by atoms with Crippen molar-refractivity contribution in [3.63, 3.8) is 0 Å². The minimum Gasteiger partial charge on any atom is -0.339 e. The Morgan fingerprint density at radius 1 is 1.29 bits per heavy atom. The Hall–Kier alpha value is -1.90. The number of likely N-dealkylation sites (tertiary alicyclic amines) is 1. The molecule has 0 spiro atoms. The maximum Gasteiger partial charge on any atom is 0.255 e. The first-order valence-electron chi connectivity index (χ1n) is 9.26. The van der Waals surface area contributed by atoms with E-state index >= 15 is 0 Å². The van der Waals surface area contributed by atoms with Gasteiger partial charge in [-0.15, -0.1) is 11.8 Å². The molecule has 1 aromatic heterocycles. The predicted octanol–water partition coefficient (Wildman–Crippen LogP) is 3.15. The van der Waals surface area contributed by atoms with Gasteiger partial charge in [-0.1, -0.05) is 13.0 Å². The molecule has 2 aromatic rings. The van der Waals surface area contributed by atoms with Crippen LogP contribution >= 0.6 is 11.8 Å². The minimum atomic E-state index is -3.74. The van der Waals surface area contributed by atoms with Crippen LogP contribution in [0.5, 0.6) is 0 Å². The highest BCUT2D eigenvalue weighted by molar-refractivity contribution is 7.98. The first kappa shape index (κ1) is 20.8. The summed E-state index contributed by atoms with van der Waals surface area (Å²) in [4.78, 5) is 19.7. The van der Waals surface area contributed by atoms with Crippen molar-refractivity contribution in [2.75, 3.05) is 19.3 Å². The summed E-state index contributed by atoms with van der Waals surface area (Å²) in [6.45, 7) is 3.76. The zero-order valence-electron chi connectivity index (χ0n) is 16.1. The molecule has 0 atom stereocenters. The average molecular weight is 420 g/mol. The van der Waals surface area contributed by atoms with Crippen LogP contribution in [0.3, 0.4) is 0 Å². The summed E-state index contributed by atoms with van der Waals surface area (Å²) in [5.41, 5.74) is 1.22. The highest BCUT2D eigenvalue weighted by atomic mass is 32.2. The fraction of sp³-hybridized carbons (Fsp3) is 0.400. The molecule has 0 bridgehead atoms. The van der Waals surface area contributed by atoms with Gasteiger partial charge in [0.2, 0.25) is 10.0 Å². The average Bonchev–Trinajstić information content (AvgIpc) is 2.72. The van der Waals surface area contributed by atoms with E-state index in [4.69, 9.17) is 0 Å². The molecule has 1 aliphatic heterocycles. The highest BCUT2D eigenvalue weighted by Gasteiger charge is 2.25. The van der Waals surface area contributed by atoms with Crippen molar-refractivity contribution in [1.82, 2.24) is 14.6 Å². The first-order valence-corrected chi connectivity index (χ1v) is 12.0. The van der Waals surface area contributed by atoms with Gasteiger partial charge in [-0.05, 0) is 54.8 Å². The molecule has 1 amide bonds. The molecule has 1 aliphatic rings. The lowest BCUT2D eigenvalue weighted by Crippen LogP contribution is -2.38. The van der Waals surface area contributed by atoms with Crippen LogP contribution in [-0.2, 0) is 16.6 Å². The zero-order valence-corrected chi connectivity index (χ0v) is 17.7. The first-order chi connectivity index (χ1) is 13.4. The fourth-order valence-corrected chi connectivity index (χ4v) is 4.78. The van der Waals surface area contributed by atoms with Crippen molar-refractivity contribution >= 4 is 27.7 Å². The number of hydrogen-bond acceptors (Lipinski definition) is 5. The lowest BCUT2D eigenvalue weighted by Gasteiger charge is -2.30. The third-order valence-corrected chi connectivity index (χ3v) is 7.17. The highest BCUT2D eigenvalue weighted by Crippen LogP contribution is 2.27. The van der Waals surface area contributed by atoms with E-state index in [1.54, 1.807) is 36.7 Å². The third kappa shape index (κ3) is 4.92. The van der Waals surface area contributed by atoms with Crippen LogP contribution < -0.4 is 4.72 Å². The van der Waals surface area contributed by atoms with Crippen LogP contribution in [0.25, 0.3) is 0 Å². The minimum absolute atomic E-state index is 0.0967. The molecule has 0 unspecified atom stereocenters. The Morgan fingerprint density at radius 3 is 2.68 bits per heavy atom. The van der Waals surface area contributed by atoms with Gasteiger partial charge in [0, 0.05) is 36.9 Å². The van der Waals surface area contributed by atoms with Crippen molar-refractivity contribution in [3.05, 3.63) is 53.9 Å². The molecular formula is C20H25N3O3S2. The second kappa shape index (κ2) is 9.07. The fourth-order valence-electron chi connectivity index (χ4n) is 3.17. The topological polar surface area (TPSA) is 79.4 Å². The molecule has 8 heteroatoms. The van der Waals surface area contributed by atoms with Crippen LogP contribution in [-0.4, -0.2) is 43.6 Å². The second-order valence-corrected chi connectivity index (χ2v) is 9.64. The maximum absolute atomic E-state index is 13.0. The summed E-state index contributed by atoms with van der Waals surface area (Å²) < 4.78 is 28.1. The SMILES string of the molecule is CSc1ccc(S(=O)(=O)NCc2cccnc2)cc1C(=O)N1CCC(C)CC1. The monoisotopic (exact) mass is 419 g/mol. The maximum atomic E-state index is 13.0. The van der Waals surface area contributed by atoms with Gasteiger partial charge >= 0.3 is 0 Å². The summed E-state index contributed by atoms with van der Waals surface area (Å²) in [6, 6.07) is 8.32. The van der Waals surface area contributed by atoms with Gasteiger partial charge < -0.3 is 4.90 Å². The van der Waals surface area contributed by atoms with E-state index in [0.29, 0.717) is 24.6 Å². The molecule has 1 aromatic carbocycles. The van der Waals surface area contributed by atoms with E-state index in [-0.39, 0.29) is 17.3 Å². The number of aromatic nitrogens is 1. The van der Waals surface area contributed by atoms with Gasteiger partial charge in [-0.2, -0.15) is 0 Å². The summed E-state index contributed by atoms with van der Waals surface area (Å²) in [6.07, 6.45) is 7.10. The normalized spacial score (nSPS) is 15.6. The van der Waals surface area contributed by atoms with Crippen molar-refractivity contribution in [2.24, 2.45) is 5.92 Å². The van der Waals surface area contributed by atoms with E-state index in [0.717, 1.165) is 23.3 Å². The molecule has 0 radical (unpaired) electrons. The van der Waals surface area contributed by atoms with Gasteiger partial charge in [0.15, 0.2) is 0 Å². The standard InChI is InChI=1S/C20H25N3O3S2/c1-15-7-10-23(11-8-15)20(24)18-12-17(5-6-19(18)27-2)28(25,26)22-14-16-4-3-9-21-13-16/h3-6,9,12-13,15,22H,7-8,10-11,14H2,1-2H3. The zero-order chi connectivity index (χ0) is 20.1. The predicted molar refractivity (Wildman–Crippen MR) is 111 cm³/mol. The molecule has 1 fully saturated rings. The number of nitrogens with one attached hydrogen (secondary N) is 1. The Bertz CT molecular complexity index is 925. The van der Waals surface area contributed by atoms with E-state index in [9.17, 15) is 13.2 Å². The summed E-state index contributed by atoms with van der Waals surface area (Å²) in [5.74, 6) is 0.521. The number of carbonyl (C=O) groups is 1. The van der Waals surface area contributed by atoms with Crippen LogP contribution in [0.1, 0.15) is 35.7 Å². The smallest absolute Gasteiger partial charge is 0.255 e. The molecule has 1 saturated heterocycles. The van der Waals surface area contributed by atoms with E-state index in [1.165, 1.54) is 17.8 Å². The molecule has 3 rings (SSSR count). The van der Waals surface area contributed by atoms with E-state index in [1.807, 2.05) is 11.2 Å². The summed E-state index contributed by atoms with van der Waals surface area (Å²) in [5, 5.41) is 0. The molecular weight excluding hydrogens is 394 g/mol.